The van der Waals surface area contributed by atoms with Crippen LogP contribution in [0.25, 0.3) is 17.0 Å². The van der Waals surface area contributed by atoms with Gasteiger partial charge in [0.15, 0.2) is 5.11 Å². The number of amides is 3. The molecular weight excluding hydrogens is 428 g/mol. The number of rotatable bonds is 6. The van der Waals surface area contributed by atoms with Crippen molar-refractivity contribution in [2.75, 3.05) is 11.5 Å². The fourth-order valence-electron chi connectivity index (χ4n) is 3.62. The molecule has 0 bridgehead atoms. The number of anilines is 1. The summed E-state index contributed by atoms with van der Waals surface area (Å²) in [7, 11) is 0. The summed E-state index contributed by atoms with van der Waals surface area (Å²) in [6.07, 6.45) is 3.19. The molecule has 0 aliphatic carbocycles. The highest BCUT2D eigenvalue weighted by Crippen LogP contribution is 2.28. The second-order valence-corrected chi connectivity index (χ2v) is 7.47. The van der Waals surface area contributed by atoms with E-state index >= 15 is 0 Å². The Hall–Kier alpha value is -3.98. The van der Waals surface area contributed by atoms with Crippen LogP contribution in [0.4, 0.5) is 5.69 Å². The molecular formula is C23H20N4O4S. The molecule has 8 nitrogen and oxygen atoms in total. The maximum atomic E-state index is 13.3. The number of carbonyl (C=O) groups excluding carboxylic acids is 3. The summed E-state index contributed by atoms with van der Waals surface area (Å²) >= 11 is 5.27. The van der Waals surface area contributed by atoms with Crippen molar-refractivity contribution in [3.8, 4) is 5.75 Å². The number of fused-ring (bicyclic) bond motifs is 1. The van der Waals surface area contributed by atoms with E-state index in [9.17, 15) is 14.4 Å². The van der Waals surface area contributed by atoms with Crippen molar-refractivity contribution in [3.05, 3.63) is 65.9 Å². The first-order valence-corrected chi connectivity index (χ1v) is 10.3. The van der Waals surface area contributed by atoms with Crippen LogP contribution in [0.5, 0.6) is 5.75 Å². The van der Waals surface area contributed by atoms with Crippen molar-refractivity contribution in [3.63, 3.8) is 0 Å². The third-order valence-corrected chi connectivity index (χ3v) is 5.22. The van der Waals surface area contributed by atoms with Gasteiger partial charge in [-0.25, -0.2) is 0 Å². The minimum atomic E-state index is -0.594. The van der Waals surface area contributed by atoms with Gasteiger partial charge in [-0.05, 0) is 43.4 Å². The normalized spacial score (nSPS) is 15.3. The number of nitrogens with two attached hydrogens (primary N) is 1. The van der Waals surface area contributed by atoms with E-state index in [4.69, 9.17) is 22.7 Å². The molecule has 32 heavy (non-hydrogen) atoms. The van der Waals surface area contributed by atoms with Crippen LogP contribution in [0.2, 0.25) is 0 Å². The molecule has 0 unspecified atom stereocenters. The monoisotopic (exact) mass is 448 g/mol. The molecule has 1 aliphatic rings. The van der Waals surface area contributed by atoms with E-state index in [-0.39, 0.29) is 17.2 Å². The van der Waals surface area contributed by atoms with Crippen LogP contribution in [0.15, 0.2) is 60.3 Å². The fraction of sp³-hybridized carbons (Fsp3) is 0.130. The number of thiocarbonyl (C=S) groups is 1. The molecule has 162 valence electrons. The second kappa shape index (κ2) is 8.64. The smallest absolute Gasteiger partial charge is 0.270 e. The molecule has 1 saturated heterocycles. The molecule has 4 rings (SSSR count). The quantitative estimate of drug-likeness (QED) is 0.342. The molecule has 3 aromatic rings. The SMILES string of the molecule is CCOc1cccc(N2C(=O)C(=Cc3cn(CC(N)=O)c4ccccc34)C(=O)NC2=S)c1. The molecule has 0 atom stereocenters. The number of benzene rings is 2. The lowest BCUT2D eigenvalue weighted by molar-refractivity contribution is -0.122. The van der Waals surface area contributed by atoms with E-state index in [0.717, 1.165) is 10.9 Å². The Morgan fingerprint density at radius 3 is 2.72 bits per heavy atom. The van der Waals surface area contributed by atoms with Crippen molar-refractivity contribution >= 4 is 57.7 Å². The van der Waals surface area contributed by atoms with E-state index in [1.165, 1.54) is 11.0 Å². The van der Waals surface area contributed by atoms with E-state index in [2.05, 4.69) is 5.32 Å². The highest BCUT2D eigenvalue weighted by atomic mass is 32.1. The van der Waals surface area contributed by atoms with Crippen molar-refractivity contribution in [2.45, 2.75) is 13.5 Å². The number of primary amides is 1. The molecule has 0 saturated carbocycles. The number of hydrogen-bond acceptors (Lipinski definition) is 5. The molecule has 1 fully saturated rings. The second-order valence-electron chi connectivity index (χ2n) is 7.08. The maximum Gasteiger partial charge on any atom is 0.270 e. The number of ether oxygens (including phenoxy) is 1. The average molecular weight is 449 g/mol. The molecule has 3 amide bonds. The van der Waals surface area contributed by atoms with Crippen LogP contribution < -0.4 is 20.7 Å². The Morgan fingerprint density at radius 2 is 1.97 bits per heavy atom. The number of carbonyl (C=O) groups is 3. The Morgan fingerprint density at radius 1 is 1.19 bits per heavy atom. The highest BCUT2D eigenvalue weighted by molar-refractivity contribution is 7.80. The Bertz CT molecular complexity index is 1290. The van der Waals surface area contributed by atoms with Gasteiger partial charge in [-0.2, -0.15) is 0 Å². The first-order chi connectivity index (χ1) is 15.4. The lowest BCUT2D eigenvalue weighted by Gasteiger charge is -2.29. The van der Waals surface area contributed by atoms with Crippen molar-refractivity contribution in [1.29, 1.82) is 0 Å². The van der Waals surface area contributed by atoms with Crippen LogP contribution in [-0.4, -0.2) is 34.0 Å². The van der Waals surface area contributed by atoms with Crippen molar-refractivity contribution in [1.82, 2.24) is 9.88 Å². The lowest BCUT2D eigenvalue weighted by Crippen LogP contribution is -2.54. The zero-order chi connectivity index (χ0) is 22.8. The third kappa shape index (κ3) is 3.97. The molecule has 1 aliphatic heterocycles. The van der Waals surface area contributed by atoms with Gasteiger partial charge >= 0.3 is 0 Å². The van der Waals surface area contributed by atoms with E-state index in [1.807, 2.05) is 31.2 Å². The van der Waals surface area contributed by atoms with Gasteiger partial charge in [0.1, 0.15) is 17.9 Å². The molecule has 3 N–H and O–H groups in total. The van der Waals surface area contributed by atoms with E-state index in [0.29, 0.717) is 23.6 Å². The highest BCUT2D eigenvalue weighted by Gasteiger charge is 2.34. The van der Waals surface area contributed by atoms with Crippen LogP contribution in [-0.2, 0) is 20.9 Å². The largest absolute Gasteiger partial charge is 0.494 e. The van der Waals surface area contributed by atoms with Gasteiger partial charge in [-0.3, -0.25) is 24.6 Å². The number of para-hydroxylation sites is 1. The summed E-state index contributed by atoms with van der Waals surface area (Å²) in [5.41, 5.74) is 7.13. The summed E-state index contributed by atoms with van der Waals surface area (Å²) in [6, 6.07) is 14.3. The van der Waals surface area contributed by atoms with Crippen LogP contribution >= 0.6 is 12.2 Å². The maximum absolute atomic E-state index is 13.3. The van der Waals surface area contributed by atoms with Gasteiger partial charge in [-0.1, -0.05) is 24.3 Å². The fourth-order valence-corrected chi connectivity index (χ4v) is 3.90. The predicted octanol–water partition coefficient (Wildman–Crippen LogP) is 2.36. The van der Waals surface area contributed by atoms with Gasteiger partial charge in [0.25, 0.3) is 11.8 Å². The predicted molar refractivity (Wildman–Crippen MR) is 125 cm³/mol. The number of aromatic nitrogens is 1. The molecule has 2 aromatic carbocycles. The standard InChI is InChI=1S/C23H20N4O4S/c1-2-31-16-7-5-6-15(11-16)27-22(30)18(21(29)25-23(27)32)10-14-12-26(13-20(24)28)19-9-4-3-8-17(14)19/h3-12H,2,13H2,1H3,(H2,24,28)(H,25,29,32). The molecule has 1 aromatic heterocycles. The van der Waals surface area contributed by atoms with E-state index < -0.39 is 17.7 Å². The summed E-state index contributed by atoms with van der Waals surface area (Å²) in [5.74, 6) is -1.07. The first kappa shape index (κ1) is 21.3. The van der Waals surface area contributed by atoms with Gasteiger partial charge in [0, 0.05) is 28.7 Å². The summed E-state index contributed by atoms with van der Waals surface area (Å²) in [6.45, 7) is 2.31. The number of nitrogens with zero attached hydrogens (tertiary/aromatic N) is 2. The molecule has 2 heterocycles. The van der Waals surface area contributed by atoms with Crippen molar-refractivity contribution < 1.29 is 19.1 Å². The van der Waals surface area contributed by atoms with Gasteiger partial charge in [0.05, 0.1) is 12.3 Å². The van der Waals surface area contributed by atoms with Crippen LogP contribution in [0.3, 0.4) is 0 Å². The van der Waals surface area contributed by atoms with Gasteiger partial charge in [0.2, 0.25) is 5.91 Å². The summed E-state index contributed by atoms with van der Waals surface area (Å²) in [4.78, 5) is 38.7. The zero-order valence-electron chi connectivity index (χ0n) is 17.2. The average Bonchev–Trinajstić information content (AvgIpc) is 3.08. The van der Waals surface area contributed by atoms with Crippen molar-refractivity contribution in [2.24, 2.45) is 5.73 Å². The number of nitrogens with one attached hydrogen (secondary N) is 1. The minimum absolute atomic E-state index is 0.0121. The van der Waals surface area contributed by atoms with Gasteiger partial charge in [-0.15, -0.1) is 0 Å². The Kier molecular flexibility index (Phi) is 5.74. The third-order valence-electron chi connectivity index (χ3n) is 4.93. The zero-order valence-corrected chi connectivity index (χ0v) is 18.0. The lowest BCUT2D eigenvalue weighted by atomic mass is 10.1. The van der Waals surface area contributed by atoms with E-state index in [1.54, 1.807) is 35.0 Å². The van der Waals surface area contributed by atoms with Crippen LogP contribution in [0.1, 0.15) is 12.5 Å². The molecule has 0 spiro atoms. The Labute approximate surface area is 189 Å². The Balaban J connectivity index is 1.77. The van der Waals surface area contributed by atoms with Gasteiger partial charge < -0.3 is 15.0 Å². The number of hydrogen-bond donors (Lipinski definition) is 2. The first-order valence-electron chi connectivity index (χ1n) is 9.89. The van der Waals surface area contributed by atoms with Crippen LogP contribution in [0, 0.1) is 0 Å². The summed E-state index contributed by atoms with van der Waals surface area (Å²) in [5, 5.41) is 3.34. The molecule has 0 radical (unpaired) electrons. The minimum Gasteiger partial charge on any atom is -0.494 e. The summed E-state index contributed by atoms with van der Waals surface area (Å²) < 4.78 is 7.19. The topological polar surface area (TPSA) is 107 Å². The molecule has 9 heteroatoms.